The maximum absolute atomic E-state index is 13.1. The molecule has 0 aliphatic heterocycles. The minimum atomic E-state index is -4.52. The van der Waals surface area contributed by atoms with Crippen molar-refractivity contribution in [1.29, 1.82) is 0 Å². The quantitative estimate of drug-likeness (QED) is 0.313. The lowest BCUT2D eigenvalue weighted by atomic mass is 9.97. The van der Waals surface area contributed by atoms with E-state index in [4.69, 9.17) is 9.97 Å². The zero-order chi connectivity index (χ0) is 28.1. The Kier molecular flexibility index (Phi) is 6.53. The van der Waals surface area contributed by atoms with Gasteiger partial charge in [0.2, 0.25) is 0 Å². The molecule has 0 saturated carbocycles. The van der Waals surface area contributed by atoms with Gasteiger partial charge in [-0.2, -0.15) is 13.2 Å². The fourth-order valence-corrected chi connectivity index (χ4v) is 4.62. The second-order valence-corrected chi connectivity index (χ2v) is 9.98. The van der Waals surface area contributed by atoms with Gasteiger partial charge in [0.1, 0.15) is 11.3 Å². The van der Waals surface area contributed by atoms with E-state index in [0.29, 0.717) is 28.4 Å². The van der Waals surface area contributed by atoms with E-state index in [2.05, 4.69) is 23.8 Å². The lowest BCUT2D eigenvalue weighted by molar-refractivity contribution is -0.140. The molecule has 0 unspecified atom stereocenters. The van der Waals surface area contributed by atoms with Crippen LogP contribution in [0, 0.1) is 0 Å². The van der Waals surface area contributed by atoms with Crippen LogP contribution in [0.25, 0.3) is 33.9 Å². The third-order valence-corrected chi connectivity index (χ3v) is 6.57. The molecule has 0 aliphatic carbocycles. The van der Waals surface area contributed by atoms with Crippen molar-refractivity contribution in [3.63, 3.8) is 0 Å². The van der Waals surface area contributed by atoms with Gasteiger partial charge in [0.25, 0.3) is 0 Å². The largest absolute Gasteiger partial charge is 0.434 e. The monoisotopic (exact) mass is 535 g/mol. The Hall–Kier alpha value is -4.41. The van der Waals surface area contributed by atoms with E-state index in [1.165, 1.54) is 11.6 Å². The maximum atomic E-state index is 13.1. The van der Waals surface area contributed by atoms with Crippen LogP contribution in [-0.4, -0.2) is 43.2 Å². The number of anilines is 1. The second kappa shape index (κ2) is 9.72. The molecule has 3 aromatic heterocycles. The maximum Gasteiger partial charge on any atom is 0.434 e. The first kappa shape index (κ1) is 26.2. The van der Waals surface area contributed by atoms with E-state index in [9.17, 15) is 18.0 Å². The lowest BCUT2D eigenvalue weighted by Crippen LogP contribution is -2.17. The van der Waals surface area contributed by atoms with Crippen molar-refractivity contribution in [2.75, 3.05) is 19.0 Å². The Morgan fingerprint density at radius 2 is 1.69 bits per heavy atom. The molecule has 0 spiro atoms. The second-order valence-electron chi connectivity index (χ2n) is 9.98. The van der Waals surface area contributed by atoms with Gasteiger partial charge in [-0.3, -0.25) is 4.57 Å². The summed E-state index contributed by atoms with van der Waals surface area (Å²) >= 11 is 0. The minimum absolute atomic E-state index is 0.204. The lowest BCUT2D eigenvalue weighted by Gasteiger charge is -2.16. The number of nitrogens with one attached hydrogen (secondary N) is 1. The summed E-state index contributed by atoms with van der Waals surface area (Å²) in [6.45, 7) is 4.42. The normalized spacial score (nSPS) is 12.0. The van der Waals surface area contributed by atoms with E-state index in [0.717, 1.165) is 22.9 Å². The van der Waals surface area contributed by atoms with E-state index < -0.39 is 11.9 Å². The van der Waals surface area contributed by atoms with Crippen molar-refractivity contribution in [3.05, 3.63) is 82.0 Å². The van der Waals surface area contributed by atoms with Crippen molar-refractivity contribution in [1.82, 2.24) is 29.1 Å². The van der Waals surface area contributed by atoms with Gasteiger partial charge in [-0.15, -0.1) is 0 Å². The van der Waals surface area contributed by atoms with Crippen LogP contribution >= 0.6 is 0 Å². The van der Waals surface area contributed by atoms with Gasteiger partial charge in [0, 0.05) is 38.5 Å². The number of aromatic amines is 1. The summed E-state index contributed by atoms with van der Waals surface area (Å²) in [5.74, 6) is 1.57. The smallest absolute Gasteiger partial charge is 0.361 e. The van der Waals surface area contributed by atoms with Crippen LogP contribution < -0.4 is 10.6 Å². The Balaban J connectivity index is 1.56. The molecule has 0 aliphatic rings. The SMILES string of the molecule is CC(C)c1ccccc1-c1nc(N(C)C)c2[nH]c(=O)n(Cc3ccc(-c4nc(C(F)(F)F)cn4C)cc3)c2n1. The van der Waals surface area contributed by atoms with Crippen molar-refractivity contribution in [2.45, 2.75) is 32.5 Å². The van der Waals surface area contributed by atoms with Crippen molar-refractivity contribution < 1.29 is 13.2 Å². The van der Waals surface area contributed by atoms with Crippen LogP contribution in [0.5, 0.6) is 0 Å². The Bertz CT molecular complexity index is 1710. The Labute approximate surface area is 222 Å². The zero-order valence-electron chi connectivity index (χ0n) is 22.2. The number of halogens is 3. The van der Waals surface area contributed by atoms with Crippen LogP contribution in [0.15, 0.2) is 59.5 Å². The van der Waals surface area contributed by atoms with E-state index in [1.807, 2.05) is 43.3 Å². The summed E-state index contributed by atoms with van der Waals surface area (Å²) < 4.78 is 42.2. The molecule has 0 fully saturated rings. The molecular formula is C28H28F3N7O. The van der Waals surface area contributed by atoms with Crippen LogP contribution in [0.3, 0.4) is 0 Å². The highest BCUT2D eigenvalue weighted by molar-refractivity contribution is 5.86. The predicted molar refractivity (Wildman–Crippen MR) is 145 cm³/mol. The Morgan fingerprint density at radius 1 is 1.00 bits per heavy atom. The molecule has 0 radical (unpaired) electrons. The van der Waals surface area contributed by atoms with Crippen molar-refractivity contribution in [2.24, 2.45) is 7.05 Å². The summed E-state index contributed by atoms with van der Waals surface area (Å²) in [5.41, 5.74) is 3.03. The van der Waals surface area contributed by atoms with E-state index in [-0.39, 0.29) is 24.0 Å². The van der Waals surface area contributed by atoms with Crippen molar-refractivity contribution >= 4 is 17.0 Å². The van der Waals surface area contributed by atoms with Gasteiger partial charge < -0.3 is 14.5 Å². The van der Waals surface area contributed by atoms with Gasteiger partial charge in [0.05, 0.1) is 6.54 Å². The third kappa shape index (κ3) is 4.91. The van der Waals surface area contributed by atoms with Gasteiger partial charge in [-0.05, 0) is 17.0 Å². The molecule has 11 heteroatoms. The summed E-state index contributed by atoms with van der Waals surface area (Å²) in [4.78, 5) is 31.2. The van der Waals surface area contributed by atoms with E-state index in [1.54, 1.807) is 28.8 Å². The number of alkyl halides is 3. The standard InChI is InChI=1S/C28H28F3N7O/c1-16(2)19-8-6-7-9-20(19)23-34-25(36(3)4)22-26(35-23)38(27(39)33-22)14-17-10-12-18(13-11-17)24-32-21(15-37(24)5)28(29,30)31/h6-13,15-16H,14H2,1-5H3,(H,33,39). The summed E-state index contributed by atoms with van der Waals surface area (Å²) in [6.07, 6.45) is -3.56. The number of aromatic nitrogens is 6. The number of aryl methyl sites for hydroxylation is 1. The zero-order valence-corrected chi connectivity index (χ0v) is 22.2. The van der Waals surface area contributed by atoms with Crippen LogP contribution in [-0.2, 0) is 19.8 Å². The molecule has 8 nitrogen and oxygen atoms in total. The average molecular weight is 536 g/mol. The molecular weight excluding hydrogens is 507 g/mol. The first-order valence-corrected chi connectivity index (χ1v) is 12.4. The molecule has 39 heavy (non-hydrogen) atoms. The fourth-order valence-electron chi connectivity index (χ4n) is 4.62. The van der Waals surface area contributed by atoms with Crippen LogP contribution in [0.1, 0.15) is 36.6 Å². The molecule has 3 heterocycles. The minimum Gasteiger partial charge on any atom is -0.361 e. The summed E-state index contributed by atoms with van der Waals surface area (Å²) in [6, 6.07) is 14.9. The number of benzene rings is 2. The summed E-state index contributed by atoms with van der Waals surface area (Å²) in [7, 11) is 5.24. The first-order valence-electron chi connectivity index (χ1n) is 12.4. The summed E-state index contributed by atoms with van der Waals surface area (Å²) in [5, 5.41) is 0. The topological polar surface area (TPSA) is 84.6 Å². The average Bonchev–Trinajstić information content (AvgIpc) is 3.43. The molecule has 5 aromatic rings. The molecule has 5 rings (SSSR count). The number of H-pyrrole nitrogens is 1. The predicted octanol–water partition coefficient (Wildman–Crippen LogP) is 5.44. The number of nitrogens with zero attached hydrogens (tertiary/aromatic N) is 6. The molecule has 0 amide bonds. The van der Waals surface area contributed by atoms with Gasteiger partial charge >= 0.3 is 11.9 Å². The number of imidazole rings is 2. The molecule has 0 saturated heterocycles. The number of rotatable bonds is 6. The third-order valence-electron chi connectivity index (χ3n) is 6.57. The van der Waals surface area contributed by atoms with Crippen LogP contribution in [0.4, 0.5) is 19.0 Å². The van der Waals surface area contributed by atoms with Gasteiger partial charge in [0.15, 0.2) is 23.0 Å². The molecule has 1 N–H and O–H groups in total. The van der Waals surface area contributed by atoms with Gasteiger partial charge in [-0.25, -0.2) is 19.7 Å². The highest BCUT2D eigenvalue weighted by Gasteiger charge is 2.34. The van der Waals surface area contributed by atoms with Gasteiger partial charge in [-0.1, -0.05) is 62.4 Å². The highest BCUT2D eigenvalue weighted by atomic mass is 19.4. The molecule has 0 bridgehead atoms. The number of fused-ring (bicyclic) bond motifs is 1. The van der Waals surface area contributed by atoms with Crippen molar-refractivity contribution in [3.8, 4) is 22.8 Å². The first-order chi connectivity index (χ1) is 18.4. The number of hydrogen-bond acceptors (Lipinski definition) is 5. The Morgan fingerprint density at radius 3 is 2.31 bits per heavy atom. The molecule has 2 aromatic carbocycles. The molecule has 0 atom stereocenters. The number of hydrogen-bond donors (Lipinski definition) is 1. The highest BCUT2D eigenvalue weighted by Crippen LogP contribution is 2.32. The van der Waals surface area contributed by atoms with E-state index >= 15 is 0 Å². The fraction of sp³-hybridized carbons (Fsp3) is 0.286. The van der Waals surface area contributed by atoms with Crippen LogP contribution in [0.2, 0.25) is 0 Å². The molecule has 202 valence electrons.